The Labute approximate surface area is 109 Å². The van der Waals surface area contributed by atoms with Gasteiger partial charge in [-0.2, -0.15) is 5.10 Å². The molecule has 4 N–H and O–H groups in total. The molecule has 5 nitrogen and oxygen atoms in total. The van der Waals surface area contributed by atoms with Gasteiger partial charge in [-0.15, -0.1) is 0 Å². The van der Waals surface area contributed by atoms with Crippen LogP contribution in [0.2, 0.25) is 0 Å². The summed E-state index contributed by atoms with van der Waals surface area (Å²) >= 11 is 0. The van der Waals surface area contributed by atoms with Gasteiger partial charge in [0.25, 0.3) is 0 Å². The average molecular weight is 266 g/mol. The number of nitrogens with zero attached hydrogens (tertiary/aromatic N) is 1. The molecule has 0 aliphatic heterocycles. The molecular weight excluding hydrogens is 248 g/mol. The number of aromatic nitrogens is 2. The van der Waals surface area contributed by atoms with Gasteiger partial charge in [0.15, 0.2) is 0 Å². The SMILES string of the molecule is CC(CCNc1cc2[nH]ncc2cc1N)S(C)=O. The van der Waals surface area contributed by atoms with Crippen molar-refractivity contribution in [3.05, 3.63) is 18.3 Å². The van der Waals surface area contributed by atoms with Crippen molar-refractivity contribution in [2.75, 3.05) is 23.9 Å². The van der Waals surface area contributed by atoms with Gasteiger partial charge in [0, 0.05) is 34.2 Å². The van der Waals surface area contributed by atoms with Crippen LogP contribution >= 0.6 is 0 Å². The molecule has 0 saturated heterocycles. The van der Waals surface area contributed by atoms with E-state index < -0.39 is 10.8 Å². The van der Waals surface area contributed by atoms with E-state index >= 15 is 0 Å². The molecule has 2 rings (SSSR count). The number of aromatic amines is 1. The van der Waals surface area contributed by atoms with E-state index in [2.05, 4.69) is 15.5 Å². The molecule has 0 amide bonds. The number of benzene rings is 1. The molecule has 0 radical (unpaired) electrons. The summed E-state index contributed by atoms with van der Waals surface area (Å²) in [5.74, 6) is 0. The molecule has 0 aliphatic rings. The van der Waals surface area contributed by atoms with Crippen molar-refractivity contribution in [2.45, 2.75) is 18.6 Å². The molecule has 2 aromatic rings. The standard InChI is InChI=1S/C12H18N4OS/c1-8(18(2)17)3-4-14-12-6-11-9(5-10(12)13)7-15-16-11/h5-8,14H,3-4,13H2,1-2H3,(H,15,16). The van der Waals surface area contributed by atoms with E-state index in [0.717, 1.165) is 29.6 Å². The fourth-order valence-corrected chi connectivity index (χ4v) is 2.19. The maximum absolute atomic E-state index is 11.2. The summed E-state index contributed by atoms with van der Waals surface area (Å²) in [6.07, 6.45) is 4.33. The first-order valence-corrected chi connectivity index (χ1v) is 7.48. The van der Waals surface area contributed by atoms with Crippen molar-refractivity contribution < 1.29 is 4.21 Å². The molecule has 1 heterocycles. The summed E-state index contributed by atoms with van der Waals surface area (Å²) in [6.45, 7) is 2.74. The third-order valence-electron chi connectivity index (χ3n) is 3.04. The van der Waals surface area contributed by atoms with Crippen LogP contribution in [0.25, 0.3) is 10.9 Å². The lowest BCUT2D eigenvalue weighted by atomic mass is 10.2. The lowest BCUT2D eigenvalue weighted by molar-refractivity contribution is 0.672. The highest BCUT2D eigenvalue weighted by Crippen LogP contribution is 2.24. The Hall–Kier alpha value is -1.56. The number of anilines is 2. The number of fused-ring (bicyclic) bond motifs is 1. The zero-order valence-electron chi connectivity index (χ0n) is 10.6. The van der Waals surface area contributed by atoms with Crippen LogP contribution in [-0.4, -0.2) is 32.5 Å². The van der Waals surface area contributed by atoms with Crippen LogP contribution in [0.4, 0.5) is 11.4 Å². The smallest absolute Gasteiger partial charge is 0.0672 e. The zero-order valence-corrected chi connectivity index (χ0v) is 11.4. The topological polar surface area (TPSA) is 83.8 Å². The van der Waals surface area contributed by atoms with Crippen molar-refractivity contribution in [1.29, 1.82) is 0 Å². The van der Waals surface area contributed by atoms with Gasteiger partial charge in [-0.25, -0.2) is 0 Å². The highest BCUT2D eigenvalue weighted by molar-refractivity contribution is 7.84. The molecule has 2 unspecified atom stereocenters. The molecule has 0 aliphatic carbocycles. The van der Waals surface area contributed by atoms with Crippen LogP contribution in [0, 0.1) is 0 Å². The molecule has 1 aromatic carbocycles. The number of hydrogen-bond donors (Lipinski definition) is 3. The molecule has 18 heavy (non-hydrogen) atoms. The minimum Gasteiger partial charge on any atom is -0.397 e. The first-order valence-electron chi connectivity index (χ1n) is 5.86. The maximum atomic E-state index is 11.2. The summed E-state index contributed by atoms with van der Waals surface area (Å²) in [6, 6.07) is 3.84. The Bertz CT molecular complexity index is 566. The predicted molar refractivity (Wildman–Crippen MR) is 77.1 cm³/mol. The predicted octanol–water partition coefficient (Wildman–Crippen LogP) is 1.71. The lowest BCUT2D eigenvalue weighted by Crippen LogP contribution is -2.15. The molecule has 0 fully saturated rings. The van der Waals surface area contributed by atoms with Crippen LogP contribution < -0.4 is 11.1 Å². The second-order valence-electron chi connectivity index (χ2n) is 4.42. The van der Waals surface area contributed by atoms with Crippen LogP contribution in [-0.2, 0) is 10.8 Å². The van der Waals surface area contributed by atoms with Crippen LogP contribution in [0.15, 0.2) is 18.3 Å². The highest BCUT2D eigenvalue weighted by atomic mass is 32.2. The highest BCUT2D eigenvalue weighted by Gasteiger charge is 2.07. The first kappa shape index (κ1) is 12.9. The van der Waals surface area contributed by atoms with Gasteiger partial charge < -0.3 is 11.1 Å². The quantitative estimate of drug-likeness (QED) is 0.719. The summed E-state index contributed by atoms with van der Waals surface area (Å²) < 4.78 is 11.2. The second-order valence-corrected chi connectivity index (χ2v) is 6.22. The van der Waals surface area contributed by atoms with E-state index in [1.807, 2.05) is 19.1 Å². The Balaban J connectivity index is 2.02. The minimum absolute atomic E-state index is 0.189. The molecule has 1 aromatic heterocycles. The first-order chi connectivity index (χ1) is 8.58. The lowest BCUT2D eigenvalue weighted by Gasteiger charge is -2.12. The second kappa shape index (κ2) is 5.39. The maximum Gasteiger partial charge on any atom is 0.0672 e. The average Bonchev–Trinajstić information content (AvgIpc) is 2.75. The van der Waals surface area contributed by atoms with Gasteiger partial charge in [0.1, 0.15) is 0 Å². The van der Waals surface area contributed by atoms with E-state index in [-0.39, 0.29) is 5.25 Å². The van der Waals surface area contributed by atoms with Gasteiger partial charge in [0.05, 0.1) is 23.1 Å². The Kier molecular flexibility index (Phi) is 3.86. The number of rotatable bonds is 5. The van der Waals surface area contributed by atoms with Gasteiger partial charge in [-0.1, -0.05) is 6.92 Å². The number of nitrogens with two attached hydrogens (primary N) is 1. The molecule has 0 spiro atoms. The van der Waals surface area contributed by atoms with Crippen LogP contribution in [0.1, 0.15) is 13.3 Å². The molecule has 0 bridgehead atoms. The Morgan fingerprint density at radius 1 is 1.56 bits per heavy atom. The van der Waals surface area contributed by atoms with Crippen LogP contribution in [0.3, 0.4) is 0 Å². The van der Waals surface area contributed by atoms with Gasteiger partial charge in [-0.3, -0.25) is 9.31 Å². The largest absolute Gasteiger partial charge is 0.397 e. The van der Waals surface area contributed by atoms with Gasteiger partial charge in [-0.05, 0) is 18.6 Å². The number of nitrogen functional groups attached to an aromatic ring is 1. The van der Waals surface area contributed by atoms with Crippen molar-refractivity contribution in [3.63, 3.8) is 0 Å². The van der Waals surface area contributed by atoms with Crippen molar-refractivity contribution in [1.82, 2.24) is 10.2 Å². The van der Waals surface area contributed by atoms with Crippen molar-refractivity contribution in [2.24, 2.45) is 0 Å². The summed E-state index contributed by atoms with van der Waals surface area (Å²) in [5.41, 5.74) is 8.51. The molecule has 6 heteroatoms. The third kappa shape index (κ3) is 2.81. The molecule has 2 atom stereocenters. The van der Waals surface area contributed by atoms with E-state index in [0.29, 0.717) is 5.69 Å². The normalized spacial score (nSPS) is 14.6. The van der Waals surface area contributed by atoms with E-state index in [1.165, 1.54) is 0 Å². The van der Waals surface area contributed by atoms with E-state index in [4.69, 9.17) is 5.73 Å². The number of hydrogen-bond acceptors (Lipinski definition) is 4. The van der Waals surface area contributed by atoms with E-state index in [9.17, 15) is 4.21 Å². The third-order valence-corrected chi connectivity index (χ3v) is 4.41. The van der Waals surface area contributed by atoms with Gasteiger partial charge in [0.2, 0.25) is 0 Å². The minimum atomic E-state index is -0.777. The van der Waals surface area contributed by atoms with Gasteiger partial charge >= 0.3 is 0 Å². The fraction of sp³-hybridized carbons (Fsp3) is 0.417. The fourth-order valence-electron chi connectivity index (χ4n) is 1.74. The summed E-state index contributed by atoms with van der Waals surface area (Å²) in [5, 5.41) is 11.3. The van der Waals surface area contributed by atoms with E-state index in [1.54, 1.807) is 12.5 Å². The van der Waals surface area contributed by atoms with Crippen molar-refractivity contribution in [3.8, 4) is 0 Å². The number of H-pyrrole nitrogens is 1. The Morgan fingerprint density at radius 3 is 3.06 bits per heavy atom. The monoisotopic (exact) mass is 266 g/mol. The molecule has 98 valence electrons. The number of nitrogens with one attached hydrogen (secondary N) is 2. The van der Waals surface area contributed by atoms with Crippen LogP contribution in [0.5, 0.6) is 0 Å². The summed E-state index contributed by atoms with van der Waals surface area (Å²) in [4.78, 5) is 0. The zero-order chi connectivity index (χ0) is 13.1. The van der Waals surface area contributed by atoms with Crippen molar-refractivity contribution >= 4 is 33.1 Å². The molecular formula is C12H18N4OS. The molecule has 0 saturated carbocycles. The summed E-state index contributed by atoms with van der Waals surface area (Å²) in [7, 11) is -0.777. The Morgan fingerprint density at radius 2 is 2.33 bits per heavy atom.